The first-order chi connectivity index (χ1) is 9.05. The number of amides is 1. The number of halogens is 2. The molecule has 0 N–H and O–H groups in total. The second-order valence-corrected chi connectivity index (χ2v) is 4.21. The largest absolute Gasteiger partial charge is 0.497 e. The summed E-state index contributed by atoms with van der Waals surface area (Å²) in [6, 6.07) is 5.24. The highest BCUT2D eigenvalue weighted by Gasteiger charge is 2.44. The fraction of sp³-hybridized carbons (Fsp3) is 0.462. The summed E-state index contributed by atoms with van der Waals surface area (Å²) < 4.78 is 38.1. The second kappa shape index (κ2) is 5.52. The van der Waals surface area contributed by atoms with Gasteiger partial charge in [0.05, 0.1) is 20.3 Å². The summed E-state index contributed by atoms with van der Waals surface area (Å²) in [4.78, 5) is 13.0. The number of methoxy groups -OCH3 is 1. The molecule has 0 unspecified atom stereocenters. The summed E-state index contributed by atoms with van der Waals surface area (Å²) in [6.07, 6.45) is 0. The summed E-state index contributed by atoms with van der Waals surface area (Å²) in [7, 11) is 1.45. The molecule has 6 heteroatoms. The molecule has 104 valence electrons. The SMILES string of the molecule is COc1ccc(C(F)(F)C(=O)N2CCOCC2)cc1. The van der Waals surface area contributed by atoms with Crippen LogP contribution in [0.15, 0.2) is 24.3 Å². The first kappa shape index (κ1) is 13.7. The van der Waals surface area contributed by atoms with E-state index in [-0.39, 0.29) is 18.7 Å². The van der Waals surface area contributed by atoms with Crippen LogP contribution in [0.5, 0.6) is 5.75 Å². The fourth-order valence-corrected chi connectivity index (χ4v) is 1.89. The standard InChI is InChI=1S/C13H15F2NO3/c1-18-11-4-2-10(3-5-11)13(14,15)12(17)16-6-8-19-9-7-16/h2-5H,6-9H2,1H3. The van der Waals surface area contributed by atoms with E-state index in [4.69, 9.17) is 9.47 Å². The lowest BCUT2D eigenvalue weighted by molar-refractivity contribution is -0.163. The van der Waals surface area contributed by atoms with Gasteiger partial charge in [0, 0.05) is 18.7 Å². The van der Waals surface area contributed by atoms with Gasteiger partial charge < -0.3 is 14.4 Å². The van der Waals surface area contributed by atoms with Crippen LogP contribution in [-0.4, -0.2) is 44.2 Å². The molecule has 1 heterocycles. The lowest BCUT2D eigenvalue weighted by atomic mass is 10.1. The summed E-state index contributed by atoms with van der Waals surface area (Å²) in [5.74, 6) is -4.23. The van der Waals surface area contributed by atoms with Crippen molar-refractivity contribution in [3.63, 3.8) is 0 Å². The van der Waals surface area contributed by atoms with Gasteiger partial charge in [-0.25, -0.2) is 0 Å². The zero-order valence-corrected chi connectivity index (χ0v) is 10.6. The molecule has 4 nitrogen and oxygen atoms in total. The van der Waals surface area contributed by atoms with Crippen LogP contribution in [0.2, 0.25) is 0 Å². The number of alkyl halides is 2. The third kappa shape index (κ3) is 2.84. The predicted octanol–water partition coefficient (Wildman–Crippen LogP) is 1.65. The van der Waals surface area contributed by atoms with Gasteiger partial charge in [0.25, 0.3) is 5.91 Å². The van der Waals surface area contributed by atoms with E-state index in [1.165, 1.54) is 31.4 Å². The minimum absolute atomic E-state index is 0.199. The summed E-state index contributed by atoms with van der Waals surface area (Å²) in [5.41, 5.74) is -0.329. The molecule has 1 aliphatic heterocycles. The molecule has 0 saturated carbocycles. The van der Waals surface area contributed by atoms with Crippen molar-refractivity contribution in [1.29, 1.82) is 0 Å². The van der Waals surface area contributed by atoms with Crippen molar-refractivity contribution in [2.45, 2.75) is 5.92 Å². The zero-order chi connectivity index (χ0) is 13.9. The Bertz CT molecular complexity index is 442. The van der Waals surface area contributed by atoms with Crippen LogP contribution in [0.3, 0.4) is 0 Å². The molecular weight excluding hydrogens is 256 g/mol. The number of carbonyl (C=O) groups excluding carboxylic acids is 1. The molecular formula is C13H15F2NO3. The van der Waals surface area contributed by atoms with Crippen LogP contribution in [0, 0.1) is 0 Å². The van der Waals surface area contributed by atoms with Gasteiger partial charge in [-0.05, 0) is 24.3 Å². The van der Waals surface area contributed by atoms with E-state index in [0.717, 1.165) is 4.90 Å². The maximum atomic E-state index is 14.1. The van der Waals surface area contributed by atoms with Gasteiger partial charge in [-0.15, -0.1) is 0 Å². The van der Waals surface area contributed by atoms with Crippen LogP contribution in [0.1, 0.15) is 5.56 Å². The summed E-state index contributed by atoms with van der Waals surface area (Å²) in [6.45, 7) is 0.990. The molecule has 0 bridgehead atoms. The predicted molar refractivity (Wildman–Crippen MR) is 64.3 cm³/mol. The Kier molecular flexibility index (Phi) is 3.99. The van der Waals surface area contributed by atoms with Gasteiger partial charge >= 0.3 is 5.92 Å². The molecule has 1 aromatic carbocycles. The van der Waals surface area contributed by atoms with E-state index in [0.29, 0.717) is 19.0 Å². The van der Waals surface area contributed by atoms with Crippen molar-refractivity contribution in [3.8, 4) is 5.75 Å². The number of hydrogen-bond donors (Lipinski definition) is 0. The number of rotatable bonds is 3. The number of hydrogen-bond acceptors (Lipinski definition) is 3. The van der Waals surface area contributed by atoms with Gasteiger partial charge in [-0.2, -0.15) is 8.78 Å². The Hall–Kier alpha value is -1.69. The average Bonchev–Trinajstić information content (AvgIpc) is 2.47. The van der Waals surface area contributed by atoms with E-state index in [1.54, 1.807) is 0 Å². The lowest BCUT2D eigenvalue weighted by Crippen LogP contribution is -2.47. The second-order valence-electron chi connectivity index (χ2n) is 4.21. The van der Waals surface area contributed by atoms with Gasteiger partial charge in [-0.1, -0.05) is 0 Å². The molecule has 0 spiro atoms. The summed E-state index contributed by atoms with van der Waals surface area (Å²) in [5, 5.41) is 0. The average molecular weight is 271 g/mol. The van der Waals surface area contributed by atoms with Gasteiger partial charge in [0.15, 0.2) is 0 Å². The van der Waals surface area contributed by atoms with Crippen molar-refractivity contribution in [2.75, 3.05) is 33.4 Å². The topological polar surface area (TPSA) is 38.8 Å². The smallest absolute Gasteiger partial charge is 0.349 e. The molecule has 1 aliphatic rings. The Morgan fingerprint density at radius 1 is 1.26 bits per heavy atom. The summed E-state index contributed by atoms with van der Waals surface area (Å²) >= 11 is 0. The van der Waals surface area contributed by atoms with E-state index < -0.39 is 11.8 Å². The minimum Gasteiger partial charge on any atom is -0.497 e. The molecule has 0 aromatic heterocycles. The molecule has 1 amide bonds. The number of carbonyl (C=O) groups is 1. The van der Waals surface area contributed by atoms with Crippen LogP contribution in [-0.2, 0) is 15.5 Å². The van der Waals surface area contributed by atoms with Crippen LogP contribution in [0.25, 0.3) is 0 Å². The fourth-order valence-electron chi connectivity index (χ4n) is 1.89. The molecule has 1 fully saturated rings. The van der Waals surface area contributed by atoms with Gasteiger partial charge in [0.1, 0.15) is 5.75 Å². The van der Waals surface area contributed by atoms with E-state index >= 15 is 0 Å². The molecule has 1 aromatic rings. The number of ether oxygens (including phenoxy) is 2. The number of nitrogens with zero attached hydrogens (tertiary/aromatic N) is 1. The third-order valence-corrected chi connectivity index (χ3v) is 3.02. The Labute approximate surface area is 109 Å². The molecule has 0 aliphatic carbocycles. The molecule has 0 radical (unpaired) electrons. The van der Waals surface area contributed by atoms with E-state index in [2.05, 4.69) is 0 Å². The number of benzene rings is 1. The van der Waals surface area contributed by atoms with Gasteiger partial charge in [-0.3, -0.25) is 4.79 Å². The minimum atomic E-state index is -3.52. The molecule has 0 atom stereocenters. The van der Waals surface area contributed by atoms with Crippen LogP contribution >= 0.6 is 0 Å². The van der Waals surface area contributed by atoms with Crippen molar-refractivity contribution in [1.82, 2.24) is 4.90 Å². The third-order valence-electron chi connectivity index (χ3n) is 3.02. The first-order valence-electron chi connectivity index (χ1n) is 5.95. The van der Waals surface area contributed by atoms with Crippen molar-refractivity contribution in [2.24, 2.45) is 0 Å². The lowest BCUT2D eigenvalue weighted by Gasteiger charge is -2.30. The van der Waals surface area contributed by atoms with E-state index in [9.17, 15) is 13.6 Å². The zero-order valence-electron chi connectivity index (χ0n) is 10.6. The van der Waals surface area contributed by atoms with Gasteiger partial charge in [0.2, 0.25) is 0 Å². The quantitative estimate of drug-likeness (QED) is 0.839. The van der Waals surface area contributed by atoms with Crippen molar-refractivity contribution in [3.05, 3.63) is 29.8 Å². The monoisotopic (exact) mass is 271 g/mol. The Morgan fingerprint density at radius 3 is 2.37 bits per heavy atom. The Morgan fingerprint density at radius 2 is 1.84 bits per heavy atom. The maximum absolute atomic E-state index is 14.1. The first-order valence-corrected chi connectivity index (χ1v) is 5.95. The van der Waals surface area contributed by atoms with E-state index in [1.807, 2.05) is 0 Å². The normalized spacial score (nSPS) is 16.3. The molecule has 2 rings (SSSR count). The van der Waals surface area contributed by atoms with Crippen LogP contribution < -0.4 is 4.74 Å². The van der Waals surface area contributed by atoms with Crippen molar-refractivity contribution >= 4 is 5.91 Å². The maximum Gasteiger partial charge on any atom is 0.349 e. The van der Waals surface area contributed by atoms with Crippen molar-refractivity contribution < 1.29 is 23.0 Å². The Balaban J connectivity index is 2.17. The highest BCUT2D eigenvalue weighted by Crippen LogP contribution is 2.31. The highest BCUT2D eigenvalue weighted by molar-refractivity contribution is 5.85. The highest BCUT2D eigenvalue weighted by atomic mass is 19.3. The number of morpholine rings is 1. The molecule has 19 heavy (non-hydrogen) atoms. The molecule has 1 saturated heterocycles. The van der Waals surface area contributed by atoms with Crippen LogP contribution in [0.4, 0.5) is 8.78 Å².